The van der Waals surface area contributed by atoms with Crippen molar-refractivity contribution in [1.82, 2.24) is 0 Å². The highest BCUT2D eigenvalue weighted by molar-refractivity contribution is 9.11. The van der Waals surface area contributed by atoms with Gasteiger partial charge in [0, 0.05) is 9.30 Å². The van der Waals surface area contributed by atoms with E-state index in [9.17, 15) is 0 Å². The highest BCUT2D eigenvalue weighted by Crippen LogP contribution is 2.41. The lowest BCUT2D eigenvalue weighted by atomic mass is 10.0. The molecule has 1 heterocycles. The number of hydrogen-bond acceptors (Lipinski definition) is 2. The van der Waals surface area contributed by atoms with Gasteiger partial charge in [-0.15, -0.1) is 0 Å². The minimum Gasteiger partial charge on any atom is -0.486 e. The second kappa shape index (κ2) is 6.19. The van der Waals surface area contributed by atoms with E-state index in [1.54, 1.807) is 0 Å². The van der Waals surface area contributed by atoms with Crippen LogP contribution < -0.4 is 9.47 Å². The first-order chi connectivity index (χ1) is 9.74. The largest absolute Gasteiger partial charge is 0.486 e. The molecule has 4 heteroatoms. The fourth-order valence-corrected chi connectivity index (χ4v) is 3.91. The van der Waals surface area contributed by atoms with Gasteiger partial charge in [-0.05, 0) is 29.7 Å². The molecule has 2 aromatic rings. The normalized spacial score (nSPS) is 14.9. The van der Waals surface area contributed by atoms with Gasteiger partial charge in [-0.25, -0.2) is 0 Å². The number of alkyl halides is 1. The van der Waals surface area contributed by atoms with Gasteiger partial charge in [-0.1, -0.05) is 62.2 Å². The van der Waals surface area contributed by atoms with Crippen molar-refractivity contribution in [3.05, 3.63) is 58.1 Å². The average Bonchev–Trinajstić information content (AvgIpc) is 2.47. The van der Waals surface area contributed by atoms with E-state index in [2.05, 4.69) is 62.2 Å². The van der Waals surface area contributed by atoms with Gasteiger partial charge in [0.1, 0.15) is 13.2 Å². The molecule has 2 aromatic carbocycles. The molecule has 0 saturated carbocycles. The van der Waals surface area contributed by atoms with Crippen LogP contribution in [0.15, 0.2) is 46.9 Å². The van der Waals surface area contributed by atoms with Crippen LogP contribution in [0, 0.1) is 0 Å². The average molecular weight is 398 g/mol. The highest BCUT2D eigenvalue weighted by atomic mass is 79.9. The molecule has 0 aromatic heterocycles. The Morgan fingerprint density at radius 1 is 1.00 bits per heavy atom. The Balaban J connectivity index is 1.86. The standard InChI is InChI=1S/C16H14Br2O2/c17-13(8-11-4-2-1-3-5-11)12-9-15-16(10-14(12)18)20-7-6-19-15/h1-5,9-10,13H,6-8H2. The number of halogens is 2. The molecule has 2 nitrogen and oxygen atoms in total. The summed E-state index contributed by atoms with van der Waals surface area (Å²) in [5, 5.41) is 0. The van der Waals surface area contributed by atoms with Gasteiger partial charge in [0.05, 0.1) is 0 Å². The van der Waals surface area contributed by atoms with Gasteiger partial charge < -0.3 is 9.47 Å². The Kier molecular flexibility index (Phi) is 4.32. The van der Waals surface area contributed by atoms with Crippen molar-refractivity contribution in [3.63, 3.8) is 0 Å². The molecule has 3 rings (SSSR count). The molecule has 0 aliphatic carbocycles. The van der Waals surface area contributed by atoms with Crippen LogP contribution in [0.2, 0.25) is 0 Å². The minimum absolute atomic E-state index is 0.232. The fraction of sp³-hybridized carbons (Fsp3) is 0.250. The molecular formula is C16H14Br2O2. The smallest absolute Gasteiger partial charge is 0.162 e. The molecule has 0 spiro atoms. The molecule has 20 heavy (non-hydrogen) atoms. The van der Waals surface area contributed by atoms with Crippen molar-refractivity contribution in [3.8, 4) is 11.5 Å². The first kappa shape index (κ1) is 14.0. The summed E-state index contributed by atoms with van der Waals surface area (Å²) < 4.78 is 12.3. The van der Waals surface area contributed by atoms with E-state index in [0.29, 0.717) is 13.2 Å². The predicted octanol–water partition coefficient (Wildman–Crippen LogP) is 4.90. The summed E-state index contributed by atoms with van der Waals surface area (Å²) in [5.41, 5.74) is 2.48. The maximum atomic E-state index is 5.65. The third-order valence-corrected chi connectivity index (χ3v) is 4.76. The second-order valence-electron chi connectivity index (χ2n) is 4.67. The molecule has 1 atom stereocenters. The van der Waals surface area contributed by atoms with Crippen LogP contribution in [-0.2, 0) is 6.42 Å². The van der Waals surface area contributed by atoms with Crippen molar-refractivity contribution < 1.29 is 9.47 Å². The van der Waals surface area contributed by atoms with Crippen molar-refractivity contribution in [2.75, 3.05) is 13.2 Å². The van der Waals surface area contributed by atoms with Gasteiger partial charge in [0.15, 0.2) is 11.5 Å². The van der Waals surface area contributed by atoms with Gasteiger partial charge in [-0.3, -0.25) is 0 Å². The Hall–Kier alpha value is -1.00. The number of hydrogen-bond donors (Lipinski definition) is 0. The molecule has 1 aliphatic rings. The third-order valence-electron chi connectivity index (χ3n) is 3.26. The summed E-state index contributed by atoms with van der Waals surface area (Å²) in [4.78, 5) is 0.232. The van der Waals surface area contributed by atoms with Crippen LogP contribution in [-0.4, -0.2) is 13.2 Å². The Morgan fingerprint density at radius 2 is 1.65 bits per heavy atom. The lowest BCUT2D eigenvalue weighted by Gasteiger charge is -2.21. The van der Waals surface area contributed by atoms with E-state index in [4.69, 9.17) is 9.47 Å². The van der Waals surface area contributed by atoms with Gasteiger partial charge in [-0.2, -0.15) is 0 Å². The van der Waals surface area contributed by atoms with E-state index < -0.39 is 0 Å². The van der Waals surface area contributed by atoms with Crippen molar-refractivity contribution in [1.29, 1.82) is 0 Å². The first-order valence-corrected chi connectivity index (χ1v) is 8.22. The Labute approximate surface area is 135 Å². The molecule has 0 fully saturated rings. The number of fused-ring (bicyclic) bond motifs is 1. The maximum absolute atomic E-state index is 5.65. The Bertz CT molecular complexity index is 599. The lowest BCUT2D eigenvalue weighted by molar-refractivity contribution is 0.171. The monoisotopic (exact) mass is 396 g/mol. The minimum atomic E-state index is 0.232. The summed E-state index contributed by atoms with van der Waals surface area (Å²) in [7, 11) is 0. The van der Waals surface area contributed by atoms with Crippen molar-refractivity contribution in [2.24, 2.45) is 0 Å². The summed E-state index contributed by atoms with van der Waals surface area (Å²) in [6.45, 7) is 1.22. The molecule has 104 valence electrons. The summed E-state index contributed by atoms with van der Waals surface area (Å²) >= 11 is 7.40. The zero-order valence-electron chi connectivity index (χ0n) is 10.8. The zero-order chi connectivity index (χ0) is 13.9. The molecule has 1 unspecified atom stereocenters. The van der Waals surface area contributed by atoms with E-state index in [-0.39, 0.29) is 4.83 Å². The molecule has 0 saturated heterocycles. The summed E-state index contributed by atoms with van der Waals surface area (Å²) in [6, 6.07) is 14.5. The van der Waals surface area contributed by atoms with Crippen molar-refractivity contribution in [2.45, 2.75) is 11.2 Å². The van der Waals surface area contributed by atoms with Gasteiger partial charge >= 0.3 is 0 Å². The highest BCUT2D eigenvalue weighted by Gasteiger charge is 2.19. The molecule has 1 aliphatic heterocycles. The van der Waals surface area contributed by atoms with Gasteiger partial charge in [0.2, 0.25) is 0 Å². The van der Waals surface area contributed by atoms with Crippen molar-refractivity contribution >= 4 is 31.9 Å². The quantitative estimate of drug-likeness (QED) is 0.685. The SMILES string of the molecule is Brc1cc2c(cc1C(Br)Cc1ccccc1)OCCO2. The van der Waals surface area contributed by atoms with Crippen LogP contribution in [0.4, 0.5) is 0 Å². The molecule has 0 radical (unpaired) electrons. The molecule has 0 amide bonds. The molecule has 0 N–H and O–H groups in total. The van der Waals surface area contributed by atoms with Gasteiger partial charge in [0.25, 0.3) is 0 Å². The predicted molar refractivity (Wildman–Crippen MR) is 86.9 cm³/mol. The van der Waals surface area contributed by atoms with Crippen LogP contribution in [0.3, 0.4) is 0 Å². The Morgan fingerprint density at radius 3 is 2.35 bits per heavy atom. The van der Waals surface area contributed by atoms with Crippen LogP contribution in [0.1, 0.15) is 16.0 Å². The van der Waals surface area contributed by atoms with E-state index in [0.717, 1.165) is 22.4 Å². The fourth-order valence-electron chi connectivity index (χ4n) is 2.25. The number of ether oxygens (including phenoxy) is 2. The zero-order valence-corrected chi connectivity index (χ0v) is 14.0. The van der Waals surface area contributed by atoms with E-state index in [1.807, 2.05) is 12.1 Å². The number of benzene rings is 2. The maximum Gasteiger partial charge on any atom is 0.162 e. The number of rotatable bonds is 3. The van der Waals surface area contributed by atoms with Crippen LogP contribution in [0.5, 0.6) is 11.5 Å². The molecular weight excluding hydrogens is 384 g/mol. The lowest BCUT2D eigenvalue weighted by Crippen LogP contribution is -2.15. The summed E-state index contributed by atoms with van der Waals surface area (Å²) in [6.07, 6.45) is 0.930. The first-order valence-electron chi connectivity index (χ1n) is 6.51. The summed E-state index contributed by atoms with van der Waals surface area (Å²) in [5.74, 6) is 1.64. The third kappa shape index (κ3) is 3.01. The van der Waals surface area contributed by atoms with E-state index in [1.165, 1.54) is 11.1 Å². The topological polar surface area (TPSA) is 18.5 Å². The molecule has 0 bridgehead atoms. The van der Waals surface area contributed by atoms with Crippen LogP contribution in [0.25, 0.3) is 0 Å². The second-order valence-corrected chi connectivity index (χ2v) is 6.63. The van der Waals surface area contributed by atoms with Crippen LogP contribution >= 0.6 is 31.9 Å². The van der Waals surface area contributed by atoms with E-state index >= 15 is 0 Å².